The predicted octanol–water partition coefficient (Wildman–Crippen LogP) is 3.25. The Bertz CT molecular complexity index is 1030. The normalized spacial score (nSPS) is 15.3. The minimum Gasteiger partial charge on any atom is -0.495 e. The number of amides is 4. The second-order valence-corrected chi connectivity index (χ2v) is 6.25. The van der Waals surface area contributed by atoms with Crippen LogP contribution in [0.2, 0.25) is 0 Å². The number of anilines is 1. The Kier molecular flexibility index (Phi) is 5.77. The first-order valence-electron chi connectivity index (χ1n) is 8.63. The van der Waals surface area contributed by atoms with Gasteiger partial charge in [-0.15, -0.1) is 0 Å². The number of benzene rings is 2. The summed E-state index contributed by atoms with van der Waals surface area (Å²) in [6.07, 6.45) is -3.42. The zero-order valence-corrected chi connectivity index (χ0v) is 15.6. The molecule has 1 saturated heterocycles. The Hall–Kier alpha value is -3.82. The van der Waals surface area contributed by atoms with E-state index < -0.39 is 36.1 Å². The summed E-state index contributed by atoms with van der Waals surface area (Å²) in [7, 11) is 1.42. The van der Waals surface area contributed by atoms with E-state index in [4.69, 9.17) is 4.74 Å². The molecule has 1 heterocycles. The highest BCUT2D eigenvalue weighted by Crippen LogP contribution is 2.30. The van der Waals surface area contributed by atoms with Crippen molar-refractivity contribution in [2.75, 3.05) is 19.0 Å². The van der Waals surface area contributed by atoms with Crippen molar-refractivity contribution in [2.45, 2.75) is 6.18 Å². The molecule has 0 spiro atoms. The van der Waals surface area contributed by atoms with Gasteiger partial charge < -0.3 is 15.4 Å². The molecule has 3 rings (SSSR count). The number of carbonyl (C=O) groups excluding carboxylic acids is 3. The zero-order valence-electron chi connectivity index (χ0n) is 15.6. The zero-order chi connectivity index (χ0) is 21.9. The molecule has 1 aliphatic rings. The minimum absolute atomic E-state index is 0.0776. The van der Waals surface area contributed by atoms with Gasteiger partial charge in [0.05, 0.1) is 18.4 Å². The van der Waals surface area contributed by atoms with Gasteiger partial charge >= 0.3 is 12.2 Å². The highest BCUT2D eigenvalue weighted by molar-refractivity contribution is 6.16. The molecule has 2 aromatic carbocycles. The molecule has 0 bridgehead atoms. The summed E-state index contributed by atoms with van der Waals surface area (Å²) in [5.74, 6) is -1.08. The molecule has 0 atom stereocenters. The van der Waals surface area contributed by atoms with Crippen molar-refractivity contribution >= 4 is 29.6 Å². The highest BCUT2D eigenvalue weighted by atomic mass is 19.4. The van der Waals surface area contributed by atoms with Crippen molar-refractivity contribution in [3.05, 3.63) is 65.4 Å². The molecule has 0 radical (unpaired) electrons. The average molecular weight is 419 g/mol. The predicted molar refractivity (Wildman–Crippen MR) is 101 cm³/mol. The Morgan fingerprint density at radius 1 is 1.17 bits per heavy atom. The summed E-state index contributed by atoms with van der Waals surface area (Å²) in [5.41, 5.74) is -0.684. The largest absolute Gasteiger partial charge is 0.495 e. The van der Waals surface area contributed by atoms with Gasteiger partial charge in [-0.25, -0.2) is 9.69 Å². The number of ether oxygens (including phenoxy) is 1. The second kappa shape index (κ2) is 8.27. The van der Waals surface area contributed by atoms with Gasteiger partial charge in [0, 0.05) is 0 Å². The number of alkyl halides is 3. The first kappa shape index (κ1) is 20.9. The van der Waals surface area contributed by atoms with E-state index in [1.165, 1.54) is 19.2 Å². The number of methoxy groups -OCH3 is 1. The van der Waals surface area contributed by atoms with E-state index in [1.54, 1.807) is 24.3 Å². The monoisotopic (exact) mass is 419 g/mol. The van der Waals surface area contributed by atoms with Crippen LogP contribution in [0.25, 0.3) is 6.08 Å². The Labute approximate surface area is 169 Å². The van der Waals surface area contributed by atoms with Crippen LogP contribution in [0.15, 0.2) is 54.2 Å². The quantitative estimate of drug-likeness (QED) is 0.575. The number of carbonyl (C=O) groups is 3. The third kappa shape index (κ3) is 4.59. The van der Waals surface area contributed by atoms with Crippen molar-refractivity contribution in [2.24, 2.45) is 0 Å². The van der Waals surface area contributed by atoms with E-state index in [1.807, 2.05) is 0 Å². The first-order chi connectivity index (χ1) is 14.2. The smallest absolute Gasteiger partial charge is 0.416 e. The Morgan fingerprint density at radius 2 is 1.90 bits per heavy atom. The van der Waals surface area contributed by atoms with Crippen LogP contribution in [-0.4, -0.2) is 36.4 Å². The lowest BCUT2D eigenvalue weighted by Gasteiger charge is -2.13. The van der Waals surface area contributed by atoms with Crippen LogP contribution in [-0.2, 0) is 15.8 Å². The Balaban J connectivity index is 1.73. The number of halogens is 3. The molecule has 30 heavy (non-hydrogen) atoms. The summed E-state index contributed by atoms with van der Waals surface area (Å²) in [5, 5.41) is 4.80. The van der Waals surface area contributed by atoms with Gasteiger partial charge in [-0.1, -0.05) is 24.3 Å². The van der Waals surface area contributed by atoms with E-state index >= 15 is 0 Å². The van der Waals surface area contributed by atoms with Crippen molar-refractivity contribution < 1.29 is 32.3 Å². The summed E-state index contributed by atoms with van der Waals surface area (Å²) in [6, 6.07) is 10.0. The van der Waals surface area contributed by atoms with Crippen LogP contribution in [0.3, 0.4) is 0 Å². The maximum absolute atomic E-state index is 12.8. The molecule has 10 heteroatoms. The number of urea groups is 1. The summed E-state index contributed by atoms with van der Waals surface area (Å²) in [4.78, 5) is 37.5. The summed E-state index contributed by atoms with van der Waals surface area (Å²) < 4.78 is 43.6. The molecule has 4 amide bonds. The van der Waals surface area contributed by atoms with Crippen molar-refractivity contribution in [1.29, 1.82) is 0 Å². The number of imide groups is 1. The van der Waals surface area contributed by atoms with E-state index in [2.05, 4.69) is 10.6 Å². The molecule has 0 aliphatic carbocycles. The SMILES string of the molecule is COc1ccccc1NC(=O)CN1C(=O)N/C(=C/c2cccc(C(F)(F)F)c2)C1=O. The van der Waals surface area contributed by atoms with Crippen LogP contribution in [0.4, 0.5) is 23.7 Å². The maximum Gasteiger partial charge on any atom is 0.416 e. The van der Waals surface area contributed by atoms with Crippen LogP contribution < -0.4 is 15.4 Å². The summed E-state index contributed by atoms with van der Waals surface area (Å²) >= 11 is 0. The van der Waals surface area contributed by atoms with Gasteiger partial charge in [0.25, 0.3) is 5.91 Å². The van der Waals surface area contributed by atoms with E-state index in [0.29, 0.717) is 16.3 Å². The molecule has 156 valence electrons. The van der Waals surface area contributed by atoms with Crippen LogP contribution in [0.5, 0.6) is 5.75 Å². The fraction of sp³-hybridized carbons (Fsp3) is 0.150. The standard InChI is InChI=1S/C20H16F3N3O4/c1-30-16-8-3-2-7-14(16)24-17(27)11-26-18(28)15(25-19(26)29)10-12-5-4-6-13(9-12)20(21,22)23/h2-10H,11H2,1H3,(H,24,27)(H,25,29)/b15-10+. The molecular formula is C20H16F3N3O4. The van der Waals surface area contributed by atoms with Crippen LogP contribution in [0.1, 0.15) is 11.1 Å². The molecule has 1 aliphatic heterocycles. The molecule has 0 unspecified atom stereocenters. The third-order valence-corrected chi connectivity index (χ3v) is 4.17. The number of para-hydroxylation sites is 2. The fourth-order valence-electron chi connectivity index (χ4n) is 2.77. The fourth-order valence-corrected chi connectivity index (χ4v) is 2.77. The molecule has 1 fully saturated rings. The van der Waals surface area contributed by atoms with Gasteiger partial charge in [-0.05, 0) is 35.9 Å². The molecular weight excluding hydrogens is 403 g/mol. The lowest BCUT2D eigenvalue weighted by Crippen LogP contribution is -2.38. The summed E-state index contributed by atoms with van der Waals surface area (Å²) in [6.45, 7) is -0.581. The van der Waals surface area contributed by atoms with Crippen molar-refractivity contribution in [1.82, 2.24) is 10.2 Å². The molecule has 2 N–H and O–H groups in total. The molecule has 7 nitrogen and oxygen atoms in total. The number of hydrogen-bond acceptors (Lipinski definition) is 4. The van der Waals surface area contributed by atoms with E-state index in [0.717, 1.165) is 18.2 Å². The van der Waals surface area contributed by atoms with Crippen LogP contribution in [0, 0.1) is 0 Å². The first-order valence-corrected chi connectivity index (χ1v) is 8.63. The number of nitrogens with zero attached hydrogens (tertiary/aromatic N) is 1. The van der Waals surface area contributed by atoms with Gasteiger partial charge in [0.2, 0.25) is 5.91 Å². The minimum atomic E-state index is -4.54. The third-order valence-electron chi connectivity index (χ3n) is 4.17. The maximum atomic E-state index is 12.8. The molecule has 2 aromatic rings. The van der Waals surface area contributed by atoms with Crippen molar-refractivity contribution in [3.63, 3.8) is 0 Å². The van der Waals surface area contributed by atoms with Crippen LogP contribution >= 0.6 is 0 Å². The molecule has 0 aromatic heterocycles. The number of rotatable bonds is 5. The topological polar surface area (TPSA) is 87.7 Å². The Morgan fingerprint density at radius 3 is 2.60 bits per heavy atom. The average Bonchev–Trinajstić information content (AvgIpc) is 2.95. The van der Waals surface area contributed by atoms with Gasteiger partial charge in [-0.3, -0.25) is 9.59 Å². The van der Waals surface area contributed by atoms with Gasteiger partial charge in [0.1, 0.15) is 18.0 Å². The number of hydrogen-bond donors (Lipinski definition) is 2. The van der Waals surface area contributed by atoms with E-state index in [9.17, 15) is 27.6 Å². The lowest BCUT2D eigenvalue weighted by molar-refractivity contribution is -0.137. The highest BCUT2D eigenvalue weighted by Gasteiger charge is 2.35. The lowest BCUT2D eigenvalue weighted by atomic mass is 10.1. The second-order valence-electron chi connectivity index (χ2n) is 6.25. The number of nitrogens with one attached hydrogen (secondary N) is 2. The van der Waals surface area contributed by atoms with Gasteiger partial charge in [0.15, 0.2) is 0 Å². The van der Waals surface area contributed by atoms with E-state index in [-0.39, 0.29) is 11.3 Å². The van der Waals surface area contributed by atoms with Crippen molar-refractivity contribution in [3.8, 4) is 5.75 Å². The molecule has 0 saturated carbocycles. The van der Waals surface area contributed by atoms with Gasteiger partial charge in [-0.2, -0.15) is 13.2 Å².